The van der Waals surface area contributed by atoms with Crippen molar-refractivity contribution in [2.24, 2.45) is 0 Å². The molecule has 114 valence electrons. The Balaban J connectivity index is 2.04. The molecule has 23 heavy (non-hydrogen) atoms. The minimum atomic E-state index is -1.95. The van der Waals surface area contributed by atoms with Crippen LogP contribution in [0.15, 0.2) is 91.0 Å². The topological polar surface area (TPSA) is 17.1 Å². The first-order chi connectivity index (χ1) is 11.2. The fourth-order valence-electron chi connectivity index (χ4n) is 2.25. The monoisotopic (exact) mass is 402 g/mol. The van der Waals surface area contributed by atoms with Crippen LogP contribution in [0.5, 0.6) is 0 Å². The molecule has 0 N–H and O–H groups in total. The average Bonchev–Trinajstić information content (AvgIpc) is 2.64. The van der Waals surface area contributed by atoms with Crippen molar-refractivity contribution in [3.05, 3.63) is 96.6 Å². The van der Waals surface area contributed by atoms with Crippen molar-refractivity contribution in [3.8, 4) is 0 Å². The summed E-state index contributed by atoms with van der Waals surface area (Å²) in [6.07, 6.45) is 0. The molecule has 0 aliphatic carbocycles. The molecule has 0 saturated carbocycles. The molecule has 0 aromatic heterocycles. The zero-order valence-electron chi connectivity index (χ0n) is 12.3. The predicted octanol–water partition coefficient (Wildman–Crippen LogP) is 4.23. The Hall–Kier alpha value is -1.37. The van der Waals surface area contributed by atoms with Gasteiger partial charge in [-0.25, -0.2) is 0 Å². The zero-order chi connectivity index (χ0) is 16.1. The molecule has 0 unspecified atom stereocenters. The van der Waals surface area contributed by atoms with Gasteiger partial charge in [0, 0.05) is 0 Å². The van der Waals surface area contributed by atoms with E-state index < -0.39 is 4.71 Å². The van der Waals surface area contributed by atoms with Crippen LogP contribution in [0.3, 0.4) is 0 Å². The second-order valence-electron chi connectivity index (χ2n) is 4.97. The summed E-state index contributed by atoms with van der Waals surface area (Å²) in [6, 6.07) is 30.0. The summed E-state index contributed by atoms with van der Waals surface area (Å²) >= 11 is 4.80. The molecule has 0 atom stereocenters. The van der Waals surface area contributed by atoms with Gasteiger partial charge in [0.25, 0.3) is 0 Å². The van der Waals surface area contributed by atoms with Crippen molar-refractivity contribution >= 4 is 46.9 Å². The summed E-state index contributed by atoms with van der Waals surface area (Å²) in [5.41, 5.74) is 0.740. The quantitative estimate of drug-likeness (QED) is 0.481. The van der Waals surface area contributed by atoms with Crippen molar-refractivity contribution in [1.29, 1.82) is 0 Å². The average molecular weight is 401 g/mol. The van der Waals surface area contributed by atoms with E-state index in [1.807, 2.05) is 66.7 Å². The van der Waals surface area contributed by atoms with Gasteiger partial charge in [-0.3, -0.25) is 0 Å². The van der Waals surface area contributed by atoms with Gasteiger partial charge in [-0.2, -0.15) is 0 Å². The number of rotatable bonds is 4. The number of benzene rings is 3. The third kappa shape index (κ3) is 3.76. The fourth-order valence-corrected chi connectivity index (χ4v) is 9.55. The first kappa shape index (κ1) is 16.5. The number of hydrogen-bond donors (Lipinski definition) is 0. The molecule has 0 aliphatic rings. The Morgan fingerprint density at radius 1 is 0.696 bits per heavy atom. The minimum absolute atomic E-state index is 0.102. The molecule has 1 nitrogen and oxygen atoms in total. The SMILES string of the molecule is O=C(SP(=[Se])(c1ccccc1)c1ccccc1)c1ccccc1. The zero-order valence-corrected chi connectivity index (χ0v) is 15.8. The predicted molar refractivity (Wildman–Crippen MR) is 103 cm³/mol. The molecule has 0 fully saturated rings. The Morgan fingerprint density at radius 3 is 1.52 bits per heavy atom. The first-order valence-corrected chi connectivity index (χ1v) is 12.6. The first-order valence-electron chi connectivity index (χ1n) is 7.20. The number of carbonyl (C=O) groups excluding carboxylic acids is 1. The van der Waals surface area contributed by atoms with Crippen LogP contribution in [0.4, 0.5) is 0 Å². The van der Waals surface area contributed by atoms with Gasteiger partial charge in [0.1, 0.15) is 0 Å². The molecule has 0 radical (unpaired) electrons. The van der Waals surface area contributed by atoms with Gasteiger partial charge in [-0.05, 0) is 0 Å². The van der Waals surface area contributed by atoms with Crippen molar-refractivity contribution < 1.29 is 4.79 Å². The second kappa shape index (κ2) is 7.47. The molecule has 0 aliphatic heterocycles. The van der Waals surface area contributed by atoms with Crippen molar-refractivity contribution in [2.45, 2.75) is 0 Å². The second-order valence-corrected chi connectivity index (χ2v) is 14.9. The van der Waals surface area contributed by atoms with Crippen LogP contribution in [-0.4, -0.2) is 20.2 Å². The van der Waals surface area contributed by atoms with Crippen molar-refractivity contribution in [2.75, 3.05) is 0 Å². The fraction of sp³-hybridized carbons (Fsp3) is 0. The van der Waals surface area contributed by atoms with Gasteiger partial charge in [0.05, 0.1) is 0 Å². The van der Waals surface area contributed by atoms with Crippen LogP contribution in [0, 0.1) is 0 Å². The van der Waals surface area contributed by atoms with Gasteiger partial charge < -0.3 is 0 Å². The van der Waals surface area contributed by atoms with E-state index in [-0.39, 0.29) is 5.12 Å². The normalized spacial score (nSPS) is 11.1. The Morgan fingerprint density at radius 2 is 1.09 bits per heavy atom. The number of hydrogen-bond acceptors (Lipinski definition) is 2. The van der Waals surface area contributed by atoms with E-state index in [2.05, 4.69) is 39.4 Å². The molecule has 0 bridgehead atoms. The Kier molecular flexibility index (Phi) is 5.35. The van der Waals surface area contributed by atoms with Crippen LogP contribution >= 0.6 is 16.1 Å². The van der Waals surface area contributed by atoms with Crippen molar-refractivity contribution in [1.82, 2.24) is 0 Å². The molecule has 0 spiro atoms. The van der Waals surface area contributed by atoms with E-state index in [0.29, 0.717) is 0 Å². The van der Waals surface area contributed by atoms with Crippen LogP contribution in [0.1, 0.15) is 10.4 Å². The molecule has 3 aromatic rings. The van der Waals surface area contributed by atoms with Crippen LogP contribution < -0.4 is 10.6 Å². The summed E-state index contributed by atoms with van der Waals surface area (Å²) in [4.78, 5) is 12.8. The molecule has 3 aromatic carbocycles. The van der Waals surface area contributed by atoms with E-state index in [1.165, 1.54) is 22.0 Å². The third-order valence-electron chi connectivity index (χ3n) is 3.41. The van der Waals surface area contributed by atoms with E-state index >= 15 is 0 Å². The summed E-state index contributed by atoms with van der Waals surface area (Å²) in [7, 11) is 0. The van der Waals surface area contributed by atoms with Gasteiger partial charge in [-0.15, -0.1) is 0 Å². The van der Waals surface area contributed by atoms with Gasteiger partial charge in [0.2, 0.25) is 0 Å². The van der Waals surface area contributed by atoms with Crippen LogP contribution in [-0.2, 0) is 0 Å². The number of carbonyl (C=O) groups is 1. The van der Waals surface area contributed by atoms with Crippen LogP contribution in [0.25, 0.3) is 0 Å². The van der Waals surface area contributed by atoms with Gasteiger partial charge in [-0.1, -0.05) is 0 Å². The van der Waals surface area contributed by atoms with E-state index in [4.69, 9.17) is 0 Å². The van der Waals surface area contributed by atoms with Gasteiger partial charge >= 0.3 is 148 Å². The Bertz CT molecular complexity index is 792. The van der Waals surface area contributed by atoms with E-state index in [1.54, 1.807) is 0 Å². The summed E-state index contributed by atoms with van der Waals surface area (Å²) in [5, 5.41) is 2.46. The van der Waals surface area contributed by atoms with Gasteiger partial charge in [0.15, 0.2) is 0 Å². The molecule has 0 heterocycles. The molecule has 4 heteroatoms. The molecule has 3 rings (SSSR count). The molecular formula is C19H15OPSSe. The molecular weight excluding hydrogens is 386 g/mol. The summed E-state index contributed by atoms with van der Waals surface area (Å²) in [5.74, 6) is 0. The molecule has 0 amide bonds. The Labute approximate surface area is 148 Å². The maximum atomic E-state index is 12.8. The van der Waals surface area contributed by atoms with Crippen LogP contribution in [0.2, 0.25) is 0 Å². The summed E-state index contributed by atoms with van der Waals surface area (Å²) in [6.45, 7) is 0. The standard InChI is InChI=1S/C19H15OPSSe/c20-19(16-10-4-1-5-11-16)22-21(23,17-12-6-2-7-13-17)18-14-8-3-9-15-18/h1-15H. The van der Waals surface area contributed by atoms with Crippen molar-refractivity contribution in [3.63, 3.8) is 0 Å². The van der Waals surface area contributed by atoms with E-state index in [0.717, 1.165) is 5.56 Å². The third-order valence-corrected chi connectivity index (χ3v) is 12.6. The summed E-state index contributed by atoms with van der Waals surface area (Å²) < 4.78 is -1.95. The van der Waals surface area contributed by atoms with E-state index in [9.17, 15) is 4.79 Å². The maximum absolute atomic E-state index is 12.8. The molecule has 0 saturated heterocycles.